The van der Waals surface area contributed by atoms with Crippen molar-refractivity contribution in [3.05, 3.63) is 45.7 Å². The van der Waals surface area contributed by atoms with Crippen molar-refractivity contribution in [3.63, 3.8) is 0 Å². The molecule has 0 fully saturated rings. The Morgan fingerprint density at radius 2 is 2.20 bits per heavy atom. The van der Waals surface area contributed by atoms with Gasteiger partial charge in [-0.15, -0.1) is 11.3 Å². The number of halogens is 1. The summed E-state index contributed by atoms with van der Waals surface area (Å²) in [7, 11) is 0. The Bertz CT molecular complexity index is 470. The molecule has 3 nitrogen and oxygen atoms in total. The summed E-state index contributed by atoms with van der Waals surface area (Å²) in [6.45, 7) is 0. The first-order valence-electron chi connectivity index (χ1n) is 4.23. The molecule has 76 valence electrons. The van der Waals surface area contributed by atoms with E-state index in [9.17, 15) is 4.79 Å². The molecule has 0 bridgehead atoms. The van der Waals surface area contributed by atoms with Crippen LogP contribution in [0.4, 0.5) is 5.82 Å². The van der Waals surface area contributed by atoms with Gasteiger partial charge in [0, 0.05) is 0 Å². The number of carbonyl (C=O) groups is 1. The van der Waals surface area contributed by atoms with E-state index in [0.717, 1.165) is 0 Å². The number of hydrogen-bond acceptors (Lipinski definition) is 3. The van der Waals surface area contributed by atoms with Crippen molar-refractivity contribution in [2.75, 3.05) is 5.32 Å². The van der Waals surface area contributed by atoms with Gasteiger partial charge in [0.05, 0.1) is 4.88 Å². The number of anilines is 1. The Kier molecular flexibility index (Phi) is 2.99. The summed E-state index contributed by atoms with van der Waals surface area (Å²) in [5, 5.41) is 4.87. The molecule has 0 aliphatic rings. The number of rotatable bonds is 2. The minimum absolute atomic E-state index is 0.167. The van der Waals surface area contributed by atoms with Crippen LogP contribution in [0.25, 0.3) is 0 Å². The van der Waals surface area contributed by atoms with Gasteiger partial charge in [0.1, 0.15) is 11.0 Å². The first-order chi connectivity index (χ1) is 7.25. The van der Waals surface area contributed by atoms with Crippen LogP contribution in [-0.4, -0.2) is 10.9 Å². The van der Waals surface area contributed by atoms with Crippen LogP contribution in [0.15, 0.2) is 35.7 Å². The topological polar surface area (TPSA) is 42.0 Å². The number of pyridine rings is 1. The van der Waals surface area contributed by atoms with Gasteiger partial charge in [0.2, 0.25) is 0 Å². The van der Waals surface area contributed by atoms with Gasteiger partial charge in [-0.25, -0.2) is 4.98 Å². The van der Waals surface area contributed by atoms with Crippen molar-refractivity contribution in [1.82, 2.24) is 4.98 Å². The summed E-state index contributed by atoms with van der Waals surface area (Å²) in [6.07, 6.45) is 0. The van der Waals surface area contributed by atoms with E-state index < -0.39 is 0 Å². The molecule has 1 amide bonds. The Labute approximate surface area is 95.7 Å². The minimum atomic E-state index is -0.167. The Balaban J connectivity index is 2.13. The lowest BCUT2D eigenvalue weighted by Crippen LogP contribution is -2.11. The van der Waals surface area contributed by atoms with Crippen LogP contribution in [0.2, 0.25) is 5.15 Å². The number of aromatic nitrogens is 1. The largest absolute Gasteiger partial charge is 0.306 e. The van der Waals surface area contributed by atoms with E-state index in [0.29, 0.717) is 15.8 Å². The molecular weight excluding hydrogens is 232 g/mol. The highest BCUT2D eigenvalue weighted by Crippen LogP contribution is 2.13. The molecule has 0 unspecified atom stereocenters. The molecule has 2 aromatic heterocycles. The summed E-state index contributed by atoms with van der Waals surface area (Å²) in [5.74, 6) is 0.292. The van der Waals surface area contributed by atoms with E-state index in [1.165, 1.54) is 11.3 Å². The van der Waals surface area contributed by atoms with Crippen molar-refractivity contribution < 1.29 is 4.79 Å². The van der Waals surface area contributed by atoms with Crippen LogP contribution in [0.5, 0.6) is 0 Å². The fourth-order valence-electron chi connectivity index (χ4n) is 1.06. The Morgan fingerprint density at radius 3 is 2.87 bits per heavy atom. The molecule has 5 heteroatoms. The van der Waals surface area contributed by atoms with Gasteiger partial charge in [-0.3, -0.25) is 4.79 Å². The van der Waals surface area contributed by atoms with E-state index in [1.807, 2.05) is 11.4 Å². The van der Waals surface area contributed by atoms with E-state index >= 15 is 0 Å². The van der Waals surface area contributed by atoms with E-state index in [4.69, 9.17) is 11.6 Å². The monoisotopic (exact) mass is 238 g/mol. The fraction of sp³-hybridized carbons (Fsp3) is 0. The standard InChI is InChI=1S/C10H7ClN2OS/c11-8-4-1-5-9(12-8)13-10(14)7-3-2-6-15-7/h1-6H,(H,12,13,14). The van der Waals surface area contributed by atoms with Crippen LogP contribution in [-0.2, 0) is 0 Å². The van der Waals surface area contributed by atoms with Crippen molar-refractivity contribution in [3.8, 4) is 0 Å². The molecule has 2 aromatic rings. The average Bonchev–Trinajstić information content (AvgIpc) is 2.70. The molecule has 0 aliphatic heterocycles. The highest BCUT2D eigenvalue weighted by Gasteiger charge is 2.07. The molecule has 0 aromatic carbocycles. The molecule has 15 heavy (non-hydrogen) atoms. The predicted octanol–water partition coefficient (Wildman–Crippen LogP) is 3.05. The second-order valence-electron chi connectivity index (χ2n) is 2.78. The summed E-state index contributed by atoms with van der Waals surface area (Å²) in [4.78, 5) is 16.2. The molecule has 2 heterocycles. The molecule has 0 saturated carbocycles. The summed E-state index contributed by atoms with van der Waals surface area (Å²) >= 11 is 7.08. The maximum absolute atomic E-state index is 11.6. The number of nitrogens with one attached hydrogen (secondary N) is 1. The normalized spacial score (nSPS) is 9.93. The number of thiophene rings is 1. The van der Waals surface area contributed by atoms with Crippen LogP contribution >= 0.6 is 22.9 Å². The first kappa shape index (κ1) is 10.1. The number of carbonyl (C=O) groups excluding carboxylic acids is 1. The summed E-state index contributed by atoms with van der Waals surface area (Å²) in [5.41, 5.74) is 0. The van der Waals surface area contributed by atoms with Gasteiger partial charge in [-0.2, -0.15) is 0 Å². The second-order valence-corrected chi connectivity index (χ2v) is 4.11. The number of nitrogens with zero attached hydrogens (tertiary/aromatic N) is 1. The van der Waals surface area contributed by atoms with Gasteiger partial charge in [-0.1, -0.05) is 23.7 Å². The number of amides is 1. The lowest BCUT2D eigenvalue weighted by molar-refractivity contribution is 0.103. The lowest BCUT2D eigenvalue weighted by atomic mass is 10.4. The fourth-order valence-corrected chi connectivity index (χ4v) is 1.85. The van der Waals surface area contributed by atoms with Gasteiger partial charge in [0.15, 0.2) is 0 Å². The van der Waals surface area contributed by atoms with Crippen LogP contribution in [0.1, 0.15) is 9.67 Å². The van der Waals surface area contributed by atoms with Crippen molar-refractivity contribution in [2.24, 2.45) is 0 Å². The zero-order valence-corrected chi connectivity index (χ0v) is 9.18. The predicted molar refractivity (Wildman–Crippen MR) is 61.5 cm³/mol. The smallest absolute Gasteiger partial charge is 0.266 e. The zero-order chi connectivity index (χ0) is 10.7. The molecular formula is C10H7ClN2OS. The van der Waals surface area contributed by atoms with Gasteiger partial charge in [-0.05, 0) is 23.6 Å². The molecule has 1 N–H and O–H groups in total. The highest BCUT2D eigenvalue weighted by atomic mass is 35.5. The van der Waals surface area contributed by atoms with Crippen molar-refractivity contribution in [2.45, 2.75) is 0 Å². The van der Waals surface area contributed by atoms with Gasteiger partial charge < -0.3 is 5.32 Å². The minimum Gasteiger partial charge on any atom is -0.306 e. The third-order valence-electron chi connectivity index (χ3n) is 1.70. The lowest BCUT2D eigenvalue weighted by Gasteiger charge is -2.01. The summed E-state index contributed by atoms with van der Waals surface area (Å²) in [6, 6.07) is 8.66. The third-order valence-corrected chi connectivity index (χ3v) is 2.78. The van der Waals surface area contributed by atoms with Crippen molar-refractivity contribution >= 4 is 34.7 Å². The van der Waals surface area contributed by atoms with Gasteiger partial charge in [0.25, 0.3) is 5.91 Å². The molecule has 0 saturated heterocycles. The quantitative estimate of drug-likeness (QED) is 0.817. The van der Waals surface area contributed by atoms with Crippen molar-refractivity contribution in [1.29, 1.82) is 0 Å². The van der Waals surface area contributed by atoms with Crippen LogP contribution < -0.4 is 5.32 Å². The molecule has 0 aliphatic carbocycles. The molecule has 0 spiro atoms. The van der Waals surface area contributed by atoms with E-state index in [1.54, 1.807) is 24.3 Å². The third kappa shape index (κ3) is 2.55. The first-order valence-corrected chi connectivity index (χ1v) is 5.49. The van der Waals surface area contributed by atoms with E-state index in [-0.39, 0.29) is 5.91 Å². The van der Waals surface area contributed by atoms with E-state index in [2.05, 4.69) is 10.3 Å². The Hall–Kier alpha value is -1.39. The zero-order valence-electron chi connectivity index (χ0n) is 7.61. The average molecular weight is 239 g/mol. The maximum Gasteiger partial charge on any atom is 0.266 e. The molecule has 0 atom stereocenters. The van der Waals surface area contributed by atoms with Crippen LogP contribution in [0, 0.1) is 0 Å². The van der Waals surface area contributed by atoms with Crippen LogP contribution in [0.3, 0.4) is 0 Å². The second kappa shape index (κ2) is 4.42. The SMILES string of the molecule is O=C(Nc1cccc(Cl)n1)c1cccs1. The maximum atomic E-state index is 11.6. The van der Waals surface area contributed by atoms with Gasteiger partial charge >= 0.3 is 0 Å². The Morgan fingerprint density at radius 1 is 1.33 bits per heavy atom. The molecule has 0 radical (unpaired) electrons. The number of hydrogen-bond donors (Lipinski definition) is 1. The molecule has 2 rings (SSSR count). The highest BCUT2D eigenvalue weighted by molar-refractivity contribution is 7.12. The summed E-state index contributed by atoms with van der Waals surface area (Å²) < 4.78 is 0.